The molecule has 0 unspecified atom stereocenters. The molecule has 0 radical (unpaired) electrons. The molecule has 1 aliphatic rings. The molecule has 1 aliphatic carbocycles. The van der Waals surface area contributed by atoms with Gasteiger partial charge in [0.05, 0.1) is 6.61 Å². The lowest BCUT2D eigenvalue weighted by Gasteiger charge is -2.07. The van der Waals surface area contributed by atoms with Gasteiger partial charge in [0.1, 0.15) is 5.75 Å². The Kier molecular flexibility index (Phi) is 3.13. The van der Waals surface area contributed by atoms with E-state index in [4.69, 9.17) is 4.74 Å². The number of pyridine rings is 1. The smallest absolute Gasteiger partial charge is 0.258 e. The fourth-order valence-electron chi connectivity index (χ4n) is 1.62. The molecule has 86 valence electrons. The summed E-state index contributed by atoms with van der Waals surface area (Å²) in [6.07, 6.45) is 5.47. The molecule has 2 rings (SSSR count). The maximum atomic E-state index is 11.6. The second-order valence-corrected chi connectivity index (χ2v) is 4.39. The highest BCUT2D eigenvalue weighted by Gasteiger charge is 2.20. The van der Waals surface area contributed by atoms with Crippen molar-refractivity contribution in [2.75, 3.05) is 6.61 Å². The number of allylic oxidation sites excluding steroid dienone is 1. The maximum Gasteiger partial charge on any atom is 0.258 e. The molecule has 0 aliphatic heterocycles. The van der Waals surface area contributed by atoms with Crippen LogP contribution in [0.1, 0.15) is 26.2 Å². The van der Waals surface area contributed by atoms with Crippen molar-refractivity contribution in [3.05, 3.63) is 35.3 Å². The van der Waals surface area contributed by atoms with Gasteiger partial charge in [-0.1, -0.05) is 19.4 Å². The van der Waals surface area contributed by atoms with Gasteiger partial charge in [-0.05, 0) is 25.3 Å². The van der Waals surface area contributed by atoms with Gasteiger partial charge in [0.15, 0.2) is 0 Å². The van der Waals surface area contributed by atoms with Crippen LogP contribution in [0.15, 0.2) is 29.7 Å². The number of hydrogen-bond acceptors (Lipinski definition) is 2. The first-order valence-corrected chi connectivity index (χ1v) is 5.68. The molecule has 16 heavy (non-hydrogen) atoms. The molecule has 1 heterocycles. The van der Waals surface area contributed by atoms with Gasteiger partial charge in [-0.3, -0.25) is 9.36 Å². The van der Waals surface area contributed by atoms with Crippen molar-refractivity contribution in [2.45, 2.75) is 26.2 Å². The van der Waals surface area contributed by atoms with E-state index in [0.717, 1.165) is 18.0 Å². The van der Waals surface area contributed by atoms with Crippen molar-refractivity contribution in [3.8, 4) is 5.75 Å². The van der Waals surface area contributed by atoms with Gasteiger partial charge in [-0.15, -0.1) is 0 Å². The molecular formula is C13H17NO2. The van der Waals surface area contributed by atoms with Gasteiger partial charge in [0.2, 0.25) is 0 Å². The Morgan fingerprint density at radius 2 is 2.38 bits per heavy atom. The predicted octanol–water partition coefficient (Wildman–Crippen LogP) is 2.52. The first kappa shape index (κ1) is 11.0. The SMILES string of the molecule is C=C(C)n1ccc(OCCC2CC2)cc1=O. The summed E-state index contributed by atoms with van der Waals surface area (Å²) in [5, 5.41) is 0. The van der Waals surface area contributed by atoms with Crippen LogP contribution in [0.5, 0.6) is 5.75 Å². The fourth-order valence-corrected chi connectivity index (χ4v) is 1.62. The van der Waals surface area contributed by atoms with Crippen LogP contribution >= 0.6 is 0 Å². The number of ether oxygens (including phenoxy) is 1. The van der Waals surface area contributed by atoms with E-state index >= 15 is 0 Å². The van der Waals surface area contributed by atoms with Crippen LogP contribution in [-0.2, 0) is 0 Å². The molecule has 3 heteroatoms. The normalized spacial score (nSPS) is 14.8. The molecule has 1 fully saturated rings. The summed E-state index contributed by atoms with van der Waals surface area (Å²) in [5.41, 5.74) is 0.631. The van der Waals surface area contributed by atoms with Gasteiger partial charge in [-0.25, -0.2) is 0 Å². The van der Waals surface area contributed by atoms with Crippen LogP contribution < -0.4 is 10.3 Å². The van der Waals surface area contributed by atoms with Crippen molar-refractivity contribution in [1.82, 2.24) is 4.57 Å². The van der Waals surface area contributed by atoms with Crippen molar-refractivity contribution >= 4 is 5.70 Å². The molecule has 1 aromatic heterocycles. The van der Waals surface area contributed by atoms with Gasteiger partial charge < -0.3 is 4.74 Å². The van der Waals surface area contributed by atoms with Crippen molar-refractivity contribution in [2.24, 2.45) is 5.92 Å². The molecule has 0 atom stereocenters. The Morgan fingerprint density at radius 1 is 1.62 bits per heavy atom. The lowest BCUT2D eigenvalue weighted by molar-refractivity contribution is 0.301. The standard InChI is InChI=1S/C13H17NO2/c1-10(2)14-7-5-12(9-13(14)15)16-8-6-11-3-4-11/h5,7,9,11H,1,3-4,6,8H2,2H3. The molecule has 0 amide bonds. The lowest BCUT2D eigenvalue weighted by Crippen LogP contribution is -2.16. The highest BCUT2D eigenvalue weighted by molar-refractivity contribution is 5.38. The van der Waals surface area contributed by atoms with E-state index in [-0.39, 0.29) is 5.56 Å². The highest BCUT2D eigenvalue weighted by Crippen LogP contribution is 2.32. The quantitative estimate of drug-likeness (QED) is 0.762. The molecule has 3 nitrogen and oxygen atoms in total. The number of aromatic nitrogens is 1. The summed E-state index contributed by atoms with van der Waals surface area (Å²) in [4.78, 5) is 11.6. The summed E-state index contributed by atoms with van der Waals surface area (Å²) in [7, 11) is 0. The number of nitrogens with zero attached hydrogens (tertiary/aromatic N) is 1. The van der Waals surface area contributed by atoms with Crippen molar-refractivity contribution in [1.29, 1.82) is 0 Å². The summed E-state index contributed by atoms with van der Waals surface area (Å²) in [6, 6.07) is 3.32. The van der Waals surface area contributed by atoms with Gasteiger partial charge >= 0.3 is 0 Å². The summed E-state index contributed by atoms with van der Waals surface area (Å²) < 4.78 is 7.04. The zero-order valence-electron chi connectivity index (χ0n) is 9.61. The van der Waals surface area contributed by atoms with E-state index in [1.54, 1.807) is 13.1 Å². The van der Waals surface area contributed by atoms with Gasteiger partial charge in [0, 0.05) is 18.0 Å². The molecule has 1 aromatic rings. The molecule has 0 spiro atoms. The average molecular weight is 219 g/mol. The monoisotopic (exact) mass is 219 g/mol. The minimum absolute atomic E-state index is 0.0866. The van der Waals surface area contributed by atoms with Crippen molar-refractivity contribution < 1.29 is 4.74 Å². The van der Waals surface area contributed by atoms with E-state index < -0.39 is 0 Å². The summed E-state index contributed by atoms with van der Waals surface area (Å²) in [6.45, 7) is 6.24. The Bertz CT molecular complexity index is 443. The van der Waals surface area contributed by atoms with Crippen molar-refractivity contribution in [3.63, 3.8) is 0 Å². The minimum atomic E-state index is -0.0866. The van der Waals surface area contributed by atoms with Gasteiger partial charge in [-0.2, -0.15) is 0 Å². The second-order valence-electron chi connectivity index (χ2n) is 4.39. The molecule has 1 saturated carbocycles. The molecular weight excluding hydrogens is 202 g/mol. The van der Waals surface area contributed by atoms with Crippen LogP contribution in [0.25, 0.3) is 5.70 Å². The van der Waals surface area contributed by atoms with Crippen LogP contribution in [0, 0.1) is 5.92 Å². The fraction of sp³-hybridized carbons (Fsp3) is 0.462. The van der Waals surface area contributed by atoms with Crippen LogP contribution in [0.2, 0.25) is 0 Å². The van der Waals surface area contributed by atoms with E-state index in [0.29, 0.717) is 12.4 Å². The maximum absolute atomic E-state index is 11.6. The Hall–Kier alpha value is -1.51. The average Bonchev–Trinajstić information content (AvgIpc) is 3.01. The second kappa shape index (κ2) is 4.56. The predicted molar refractivity (Wildman–Crippen MR) is 64.5 cm³/mol. The summed E-state index contributed by atoms with van der Waals surface area (Å²) in [5.74, 6) is 1.51. The Morgan fingerprint density at radius 3 is 2.94 bits per heavy atom. The number of rotatable bonds is 5. The Balaban J connectivity index is 1.96. The van der Waals surface area contributed by atoms with E-state index in [9.17, 15) is 4.79 Å². The largest absolute Gasteiger partial charge is 0.493 e. The highest BCUT2D eigenvalue weighted by atomic mass is 16.5. The molecule has 0 aromatic carbocycles. The zero-order valence-corrected chi connectivity index (χ0v) is 9.61. The van der Waals surface area contributed by atoms with Crippen LogP contribution in [-0.4, -0.2) is 11.2 Å². The number of hydrogen-bond donors (Lipinski definition) is 0. The molecule has 0 saturated heterocycles. The topological polar surface area (TPSA) is 31.2 Å². The Labute approximate surface area is 95.4 Å². The third-order valence-corrected chi connectivity index (χ3v) is 2.79. The lowest BCUT2D eigenvalue weighted by atomic mass is 10.3. The third-order valence-electron chi connectivity index (χ3n) is 2.79. The molecule has 0 bridgehead atoms. The first-order valence-electron chi connectivity index (χ1n) is 5.68. The van der Waals surface area contributed by atoms with E-state index in [1.807, 2.05) is 6.07 Å². The van der Waals surface area contributed by atoms with Crippen LogP contribution in [0.4, 0.5) is 0 Å². The first-order chi connectivity index (χ1) is 7.66. The summed E-state index contributed by atoms with van der Waals surface area (Å²) >= 11 is 0. The van der Waals surface area contributed by atoms with E-state index in [1.165, 1.54) is 23.5 Å². The van der Waals surface area contributed by atoms with E-state index in [2.05, 4.69) is 6.58 Å². The van der Waals surface area contributed by atoms with Crippen LogP contribution in [0.3, 0.4) is 0 Å². The minimum Gasteiger partial charge on any atom is -0.493 e. The zero-order chi connectivity index (χ0) is 11.5. The van der Waals surface area contributed by atoms with Gasteiger partial charge in [0.25, 0.3) is 5.56 Å². The third kappa shape index (κ3) is 2.75. The molecule has 0 N–H and O–H groups in total.